The van der Waals surface area contributed by atoms with Gasteiger partial charge in [0.2, 0.25) is 0 Å². The van der Waals surface area contributed by atoms with Crippen molar-refractivity contribution in [3.05, 3.63) is 41.5 Å². The number of unbranched alkanes of at least 4 members (excludes halogenated alkanes) is 1. The maximum atomic E-state index is 13.7. The molecule has 0 aliphatic rings. The molecule has 0 unspecified atom stereocenters. The third-order valence-corrected chi connectivity index (χ3v) is 2.78. The van der Waals surface area contributed by atoms with Crippen LogP contribution in [0, 0.1) is 12.7 Å². The topological polar surface area (TPSA) is 56.7 Å². The molecular weight excluding hydrogens is 231 g/mol. The second-order valence-electron chi connectivity index (χ2n) is 4.36. The molecule has 0 aliphatic carbocycles. The highest BCUT2D eigenvalue weighted by molar-refractivity contribution is 5.36. The monoisotopic (exact) mass is 248 g/mol. The van der Waals surface area contributed by atoms with Crippen molar-refractivity contribution in [2.45, 2.75) is 26.2 Å². The molecule has 0 bridgehead atoms. The summed E-state index contributed by atoms with van der Waals surface area (Å²) >= 11 is 0. The van der Waals surface area contributed by atoms with E-state index in [0.717, 1.165) is 30.5 Å². The van der Waals surface area contributed by atoms with Crippen LogP contribution in [0.3, 0.4) is 0 Å². The predicted octanol–water partition coefficient (Wildman–Crippen LogP) is 2.00. The average Bonchev–Trinajstić information content (AvgIpc) is 2.81. The first-order chi connectivity index (χ1) is 8.70. The molecule has 2 N–H and O–H groups in total. The highest BCUT2D eigenvalue weighted by Crippen LogP contribution is 2.14. The smallest absolute Gasteiger partial charge is 0.148 e. The molecule has 0 saturated heterocycles. The number of benzene rings is 1. The summed E-state index contributed by atoms with van der Waals surface area (Å²) in [5.74, 6) is -0.293. The number of nitrogens with zero attached hydrogens (tertiary/aromatic N) is 3. The van der Waals surface area contributed by atoms with E-state index in [0.29, 0.717) is 12.2 Å². The Bertz CT molecular complexity index is 521. The number of nitrogens with two attached hydrogens (primary N) is 1. The summed E-state index contributed by atoms with van der Waals surface area (Å²) in [5.41, 5.74) is 7.73. The summed E-state index contributed by atoms with van der Waals surface area (Å²) in [7, 11) is 0. The molecule has 0 radical (unpaired) electrons. The minimum absolute atomic E-state index is 0.293. The molecule has 0 fully saturated rings. The van der Waals surface area contributed by atoms with E-state index in [9.17, 15) is 4.39 Å². The molecule has 2 rings (SSSR count). The summed E-state index contributed by atoms with van der Waals surface area (Å²) < 4.78 is 15.2. The fourth-order valence-corrected chi connectivity index (χ4v) is 1.78. The molecule has 1 aromatic carbocycles. The maximum absolute atomic E-state index is 13.7. The molecule has 4 nitrogen and oxygen atoms in total. The Morgan fingerprint density at radius 1 is 1.33 bits per heavy atom. The van der Waals surface area contributed by atoms with Crippen LogP contribution < -0.4 is 5.73 Å². The Balaban J connectivity index is 2.16. The van der Waals surface area contributed by atoms with Gasteiger partial charge in [-0.15, -0.1) is 5.10 Å². The lowest BCUT2D eigenvalue weighted by molar-refractivity contribution is 0.606. The SMILES string of the molecule is Cc1ccc(F)c(-n2cc(CCCCN)nn2)c1. The van der Waals surface area contributed by atoms with E-state index in [1.54, 1.807) is 18.3 Å². The molecule has 96 valence electrons. The first kappa shape index (κ1) is 12.7. The normalized spacial score (nSPS) is 10.8. The molecule has 0 spiro atoms. The highest BCUT2D eigenvalue weighted by Gasteiger charge is 2.07. The first-order valence-electron chi connectivity index (χ1n) is 6.08. The summed E-state index contributed by atoms with van der Waals surface area (Å²) in [6.45, 7) is 2.60. The Morgan fingerprint density at radius 2 is 2.17 bits per heavy atom. The van der Waals surface area contributed by atoms with E-state index in [4.69, 9.17) is 5.73 Å². The van der Waals surface area contributed by atoms with E-state index >= 15 is 0 Å². The van der Waals surface area contributed by atoms with Crippen molar-refractivity contribution < 1.29 is 4.39 Å². The van der Waals surface area contributed by atoms with Gasteiger partial charge in [0.1, 0.15) is 11.5 Å². The molecule has 1 heterocycles. The zero-order valence-electron chi connectivity index (χ0n) is 10.4. The quantitative estimate of drug-likeness (QED) is 0.823. The molecule has 18 heavy (non-hydrogen) atoms. The predicted molar refractivity (Wildman–Crippen MR) is 68.0 cm³/mol. The van der Waals surface area contributed by atoms with Gasteiger partial charge in [0.05, 0.1) is 11.9 Å². The number of hydrogen-bond acceptors (Lipinski definition) is 3. The number of rotatable bonds is 5. The van der Waals surface area contributed by atoms with Gasteiger partial charge in [-0.2, -0.15) is 0 Å². The van der Waals surface area contributed by atoms with E-state index in [2.05, 4.69) is 10.3 Å². The number of hydrogen-bond donors (Lipinski definition) is 1. The van der Waals surface area contributed by atoms with Crippen LogP contribution in [-0.2, 0) is 6.42 Å². The van der Waals surface area contributed by atoms with Crippen LogP contribution in [0.5, 0.6) is 0 Å². The second kappa shape index (κ2) is 5.73. The van der Waals surface area contributed by atoms with Gasteiger partial charge >= 0.3 is 0 Å². The first-order valence-corrected chi connectivity index (χ1v) is 6.08. The maximum Gasteiger partial charge on any atom is 0.148 e. The van der Waals surface area contributed by atoms with Gasteiger partial charge < -0.3 is 5.73 Å². The number of aryl methyl sites for hydroxylation is 2. The third-order valence-electron chi connectivity index (χ3n) is 2.78. The van der Waals surface area contributed by atoms with Crippen LogP contribution in [0.2, 0.25) is 0 Å². The summed E-state index contributed by atoms with van der Waals surface area (Å²) in [5, 5.41) is 8.00. The Morgan fingerprint density at radius 3 is 2.94 bits per heavy atom. The number of aromatic nitrogens is 3. The van der Waals surface area contributed by atoms with Crippen molar-refractivity contribution in [3.63, 3.8) is 0 Å². The second-order valence-corrected chi connectivity index (χ2v) is 4.36. The van der Waals surface area contributed by atoms with Gasteiger partial charge in [0.15, 0.2) is 0 Å². The Hall–Kier alpha value is -1.75. The third kappa shape index (κ3) is 2.92. The van der Waals surface area contributed by atoms with Crippen LogP contribution in [0.25, 0.3) is 5.69 Å². The highest BCUT2D eigenvalue weighted by atomic mass is 19.1. The van der Waals surface area contributed by atoms with E-state index < -0.39 is 0 Å². The Labute approximate surface area is 106 Å². The fourth-order valence-electron chi connectivity index (χ4n) is 1.78. The molecule has 2 aromatic rings. The van der Waals surface area contributed by atoms with Crippen LogP contribution >= 0.6 is 0 Å². The van der Waals surface area contributed by atoms with Crippen LogP contribution in [-0.4, -0.2) is 21.5 Å². The Kier molecular flexibility index (Phi) is 4.04. The molecule has 5 heteroatoms. The zero-order valence-corrected chi connectivity index (χ0v) is 10.4. The summed E-state index contributed by atoms with van der Waals surface area (Å²) in [6.07, 6.45) is 4.54. The van der Waals surface area contributed by atoms with Gasteiger partial charge in [-0.25, -0.2) is 9.07 Å². The molecule has 0 saturated carbocycles. The minimum Gasteiger partial charge on any atom is -0.330 e. The van der Waals surface area contributed by atoms with Crippen molar-refractivity contribution >= 4 is 0 Å². The van der Waals surface area contributed by atoms with Crippen molar-refractivity contribution in [1.82, 2.24) is 15.0 Å². The van der Waals surface area contributed by atoms with Gasteiger partial charge in [0.25, 0.3) is 0 Å². The molecule has 0 atom stereocenters. The molecule has 1 aromatic heterocycles. The largest absolute Gasteiger partial charge is 0.330 e. The van der Waals surface area contributed by atoms with Gasteiger partial charge in [-0.05, 0) is 50.4 Å². The zero-order chi connectivity index (χ0) is 13.0. The summed E-state index contributed by atoms with van der Waals surface area (Å²) in [6, 6.07) is 4.94. The van der Waals surface area contributed by atoms with Crippen LogP contribution in [0.15, 0.2) is 24.4 Å². The standard InChI is InChI=1S/C13H17FN4/c1-10-5-6-12(14)13(8-10)18-9-11(16-17-18)4-2-3-7-15/h5-6,8-9H,2-4,7,15H2,1H3. The lowest BCUT2D eigenvalue weighted by atomic mass is 10.2. The minimum atomic E-state index is -0.293. The van der Waals surface area contributed by atoms with E-state index in [1.807, 2.05) is 6.92 Å². The van der Waals surface area contributed by atoms with Gasteiger partial charge in [-0.3, -0.25) is 0 Å². The molecular formula is C13H17FN4. The van der Waals surface area contributed by atoms with Crippen LogP contribution in [0.1, 0.15) is 24.1 Å². The van der Waals surface area contributed by atoms with E-state index in [-0.39, 0.29) is 5.82 Å². The van der Waals surface area contributed by atoms with Crippen molar-refractivity contribution in [1.29, 1.82) is 0 Å². The lowest BCUT2D eigenvalue weighted by Gasteiger charge is -2.02. The fraction of sp³-hybridized carbons (Fsp3) is 0.385. The van der Waals surface area contributed by atoms with Crippen LogP contribution in [0.4, 0.5) is 4.39 Å². The molecule has 0 aliphatic heterocycles. The van der Waals surface area contributed by atoms with Gasteiger partial charge in [-0.1, -0.05) is 11.3 Å². The average molecular weight is 248 g/mol. The van der Waals surface area contributed by atoms with Crippen molar-refractivity contribution in [2.24, 2.45) is 5.73 Å². The van der Waals surface area contributed by atoms with E-state index in [1.165, 1.54) is 10.7 Å². The van der Waals surface area contributed by atoms with Crippen molar-refractivity contribution in [3.8, 4) is 5.69 Å². The lowest BCUT2D eigenvalue weighted by Crippen LogP contribution is -1.99. The summed E-state index contributed by atoms with van der Waals surface area (Å²) in [4.78, 5) is 0. The number of halogens is 1. The van der Waals surface area contributed by atoms with Gasteiger partial charge in [0, 0.05) is 0 Å². The van der Waals surface area contributed by atoms with Crippen molar-refractivity contribution in [2.75, 3.05) is 6.54 Å². The molecule has 0 amide bonds.